The normalized spacial score (nSPS) is 11.1. The number of aromatic nitrogens is 3. The summed E-state index contributed by atoms with van der Waals surface area (Å²) in [5, 5.41) is 7.37. The smallest absolute Gasteiger partial charge is 0.255 e. The highest BCUT2D eigenvalue weighted by atomic mass is 32.1. The van der Waals surface area contributed by atoms with Crippen LogP contribution in [0.4, 0.5) is 0 Å². The molecule has 6 heteroatoms. The number of fused-ring (bicyclic) bond motifs is 1. The number of hydrogen-bond acceptors (Lipinski definition) is 4. The van der Waals surface area contributed by atoms with Gasteiger partial charge in [-0.2, -0.15) is 5.10 Å². The van der Waals surface area contributed by atoms with Gasteiger partial charge in [-0.05, 0) is 36.4 Å². The standard InChI is InChI=1S/C22H22N4OS/c1-16-20-13-18(14-23-21(20)25(2)24-16)22(27)26(15-19-9-6-12-28-19)11-10-17-7-4-3-5-8-17/h3-9,12-14H,10-11,15H2,1-2H3. The number of amides is 1. The van der Waals surface area contributed by atoms with Crippen molar-refractivity contribution in [1.29, 1.82) is 0 Å². The van der Waals surface area contributed by atoms with Gasteiger partial charge >= 0.3 is 0 Å². The molecule has 0 fully saturated rings. The molecule has 0 radical (unpaired) electrons. The first-order valence-electron chi connectivity index (χ1n) is 9.27. The lowest BCUT2D eigenvalue weighted by molar-refractivity contribution is 0.0746. The first-order valence-corrected chi connectivity index (χ1v) is 10.1. The maximum atomic E-state index is 13.3. The zero-order valence-corrected chi connectivity index (χ0v) is 16.8. The van der Waals surface area contributed by atoms with Gasteiger partial charge in [0.15, 0.2) is 5.65 Å². The molecule has 0 unspecified atom stereocenters. The van der Waals surface area contributed by atoms with Crippen LogP contribution in [0.2, 0.25) is 0 Å². The van der Waals surface area contributed by atoms with E-state index in [0.717, 1.165) is 23.1 Å². The fourth-order valence-electron chi connectivity index (χ4n) is 3.36. The predicted molar refractivity (Wildman–Crippen MR) is 112 cm³/mol. The van der Waals surface area contributed by atoms with Crippen LogP contribution in [0.3, 0.4) is 0 Å². The van der Waals surface area contributed by atoms with Crippen molar-refractivity contribution in [2.24, 2.45) is 7.05 Å². The Morgan fingerprint density at radius 1 is 1.18 bits per heavy atom. The topological polar surface area (TPSA) is 51.0 Å². The van der Waals surface area contributed by atoms with Crippen LogP contribution in [-0.2, 0) is 20.0 Å². The van der Waals surface area contributed by atoms with Gasteiger partial charge in [0.25, 0.3) is 5.91 Å². The van der Waals surface area contributed by atoms with Gasteiger partial charge in [0.2, 0.25) is 0 Å². The average molecular weight is 391 g/mol. The Morgan fingerprint density at radius 3 is 2.75 bits per heavy atom. The van der Waals surface area contributed by atoms with E-state index in [9.17, 15) is 4.79 Å². The van der Waals surface area contributed by atoms with E-state index >= 15 is 0 Å². The molecule has 0 atom stereocenters. The summed E-state index contributed by atoms with van der Waals surface area (Å²) in [6, 6.07) is 16.3. The van der Waals surface area contributed by atoms with E-state index in [0.29, 0.717) is 18.7 Å². The summed E-state index contributed by atoms with van der Waals surface area (Å²) >= 11 is 1.67. The van der Waals surface area contributed by atoms with E-state index in [1.54, 1.807) is 22.2 Å². The fraction of sp³-hybridized carbons (Fsp3) is 0.227. The number of pyridine rings is 1. The second kappa shape index (κ2) is 7.94. The van der Waals surface area contributed by atoms with Crippen molar-refractivity contribution in [3.63, 3.8) is 0 Å². The minimum absolute atomic E-state index is 0.00184. The Bertz CT molecular complexity index is 1090. The summed E-state index contributed by atoms with van der Waals surface area (Å²) in [6.45, 7) is 3.20. The molecule has 3 aromatic heterocycles. The van der Waals surface area contributed by atoms with Crippen LogP contribution in [0.25, 0.3) is 11.0 Å². The van der Waals surface area contributed by atoms with Gasteiger partial charge in [-0.15, -0.1) is 11.3 Å². The van der Waals surface area contributed by atoms with Crippen LogP contribution >= 0.6 is 11.3 Å². The van der Waals surface area contributed by atoms with E-state index in [1.807, 2.05) is 54.6 Å². The number of thiophene rings is 1. The number of aryl methyl sites for hydroxylation is 2. The second-order valence-electron chi connectivity index (χ2n) is 6.85. The van der Waals surface area contributed by atoms with Gasteiger partial charge < -0.3 is 4.90 Å². The minimum Gasteiger partial charge on any atom is -0.333 e. The SMILES string of the molecule is Cc1nn(C)c2ncc(C(=O)N(CCc3ccccc3)Cc3cccs3)cc12. The molecule has 1 amide bonds. The maximum Gasteiger partial charge on any atom is 0.255 e. The molecule has 0 aliphatic carbocycles. The van der Waals surface area contributed by atoms with Crippen molar-refractivity contribution in [2.75, 3.05) is 6.54 Å². The first-order chi connectivity index (χ1) is 13.6. The van der Waals surface area contributed by atoms with Crippen LogP contribution in [0.5, 0.6) is 0 Å². The molecule has 5 nitrogen and oxygen atoms in total. The molecule has 0 saturated heterocycles. The number of nitrogens with zero attached hydrogens (tertiary/aromatic N) is 4. The van der Waals surface area contributed by atoms with Gasteiger partial charge in [0, 0.05) is 30.1 Å². The van der Waals surface area contributed by atoms with E-state index in [4.69, 9.17) is 0 Å². The summed E-state index contributed by atoms with van der Waals surface area (Å²) in [5.41, 5.74) is 3.51. The van der Waals surface area contributed by atoms with Crippen LogP contribution in [0.15, 0.2) is 60.1 Å². The van der Waals surface area contributed by atoms with Crippen molar-refractivity contribution in [3.05, 3.63) is 81.8 Å². The Kier molecular flexibility index (Phi) is 5.21. The molecule has 28 heavy (non-hydrogen) atoms. The Morgan fingerprint density at radius 2 is 2.00 bits per heavy atom. The molecule has 0 saturated carbocycles. The van der Waals surface area contributed by atoms with Gasteiger partial charge in [-0.1, -0.05) is 36.4 Å². The highest BCUT2D eigenvalue weighted by molar-refractivity contribution is 7.09. The molecule has 0 spiro atoms. The van der Waals surface area contributed by atoms with Crippen molar-refractivity contribution in [2.45, 2.75) is 19.9 Å². The number of carbonyl (C=O) groups is 1. The van der Waals surface area contributed by atoms with Gasteiger partial charge in [0.1, 0.15) is 0 Å². The number of rotatable bonds is 6. The molecule has 0 aliphatic rings. The average Bonchev–Trinajstić information content (AvgIpc) is 3.33. The molecular weight excluding hydrogens is 368 g/mol. The predicted octanol–water partition coefficient (Wildman–Crippen LogP) is 4.22. The third kappa shape index (κ3) is 3.82. The summed E-state index contributed by atoms with van der Waals surface area (Å²) in [7, 11) is 1.87. The maximum absolute atomic E-state index is 13.3. The quantitative estimate of drug-likeness (QED) is 0.495. The number of hydrogen-bond donors (Lipinski definition) is 0. The molecule has 0 aliphatic heterocycles. The third-order valence-corrected chi connectivity index (χ3v) is 5.70. The molecule has 4 aromatic rings. The first kappa shape index (κ1) is 18.4. The van der Waals surface area contributed by atoms with Crippen molar-refractivity contribution < 1.29 is 4.79 Å². The van der Waals surface area contributed by atoms with E-state index in [-0.39, 0.29) is 5.91 Å². The number of benzene rings is 1. The number of carbonyl (C=O) groups excluding carboxylic acids is 1. The molecule has 3 heterocycles. The largest absolute Gasteiger partial charge is 0.333 e. The van der Waals surface area contributed by atoms with E-state index in [1.165, 1.54) is 10.4 Å². The van der Waals surface area contributed by atoms with Crippen LogP contribution in [-0.4, -0.2) is 32.1 Å². The highest BCUT2D eigenvalue weighted by Gasteiger charge is 2.19. The van der Waals surface area contributed by atoms with Crippen LogP contribution in [0.1, 0.15) is 26.5 Å². The molecule has 4 rings (SSSR count). The summed E-state index contributed by atoms with van der Waals surface area (Å²) in [4.78, 5) is 20.9. The summed E-state index contributed by atoms with van der Waals surface area (Å²) in [5.74, 6) is 0.00184. The molecular formula is C22H22N4OS. The van der Waals surface area contributed by atoms with Crippen molar-refractivity contribution in [1.82, 2.24) is 19.7 Å². The zero-order valence-electron chi connectivity index (χ0n) is 16.0. The van der Waals surface area contributed by atoms with Crippen molar-refractivity contribution in [3.8, 4) is 0 Å². The Labute approximate surface area is 168 Å². The fourth-order valence-corrected chi connectivity index (χ4v) is 4.08. The van der Waals surface area contributed by atoms with Crippen molar-refractivity contribution >= 4 is 28.3 Å². The Balaban J connectivity index is 1.60. The zero-order chi connectivity index (χ0) is 19.5. The third-order valence-electron chi connectivity index (χ3n) is 4.84. The molecule has 142 valence electrons. The molecule has 1 aromatic carbocycles. The van der Waals surface area contributed by atoms with E-state index in [2.05, 4.69) is 28.3 Å². The van der Waals surface area contributed by atoms with Gasteiger partial charge in [-0.3, -0.25) is 9.48 Å². The van der Waals surface area contributed by atoms with Crippen LogP contribution in [0, 0.1) is 6.92 Å². The molecule has 0 N–H and O–H groups in total. The lowest BCUT2D eigenvalue weighted by Gasteiger charge is -2.22. The summed E-state index contributed by atoms with van der Waals surface area (Å²) in [6.07, 6.45) is 2.48. The van der Waals surface area contributed by atoms with Crippen LogP contribution < -0.4 is 0 Å². The monoisotopic (exact) mass is 390 g/mol. The van der Waals surface area contributed by atoms with Gasteiger partial charge in [-0.25, -0.2) is 4.98 Å². The minimum atomic E-state index is 0.00184. The lowest BCUT2D eigenvalue weighted by Crippen LogP contribution is -2.32. The highest BCUT2D eigenvalue weighted by Crippen LogP contribution is 2.20. The summed E-state index contributed by atoms with van der Waals surface area (Å²) < 4.78 is 1.75. The van der Waals surface area contributed by atoms with E-state index < -0.39 is 0 Å². The van der Waals surface area contributed by atoms with Gasteiger partial charge in [0.05, 0.1) is 17.8 Å². The molecule has 0 bridgehead atoms. The Hall–Kier alpha value is -2.99. The lowest BCUT2D eigenvalue weighted by atomic mass is 10.1. The second-order valence-corrected chi connectivity index (χ2v) is 7.88.